The van der Waals surface area contributed by atoms with Crippen LogP contribution in [0.2, 0.25) is 0 Å². The molecular formula is C19H23F6N7O2. The lowest BCUT2D eigenvalue weighted by molar-refractivity contribution is -0.144. The van der Waals surface area contributed by atoms with Gasteiger partial charge in [-0.05, 0) is 17.7 Å². The number of nitrogens with two attached hydrogens (primary N) is 2. The zero-order chi connectivity index (χ0) is 25.5. The van der Waals surface area contributed by atoms with Crippen LogP contribution < -0.4 is 22.2 Å². The fourth-order valence-electron chi connectivity index (χ4n) is 2.77. The number of fused-ring (bicyclic) bond motifs is 1. The first-order valence-electron chi connectivity index (χ1n) is 9.87. The summed E-state index contributed by atoms with van der Waals surface area (Å²) in [5.74, 6) is 4.25. The van der Waals surface area contributed by atoms with E-state index in [9.17, 15) is 35.9 Å². The number of carbonyl (C=O) groups is 2. The zero-order valence-electron chi connectivity index (χ0n) is 17.7. The molecule has 0 radical (unpaired) electrons. The van der Waals surface area contributed by atoms with E-state index in [1.165, 1.54) is 0 Å². The first kappa shape index (κ1) is 26.8. The molecule has 0 aliphatic carbocycles. The quantitative estimate of drug-likeness (QED) is 0.148. The molecule has 15 heteroatoms. The third-order valence-electron chi connectivity index (χ3n) is 4.47. The summed E-state index contributed by atoms with van der Waals surface area (Å²) in [7, 11) is 0. The van der Waals surface area contributed by atoms with E-state index in [0.717, 1.165) is 6.20 Å². The largest absolute Gasteiger partial charge is 0.403 e. The first-order valence-corrected chi connectivity index (χ1v) is 9.87. The van der Waals surface area contributed by atoms with Gasteiger partial charge in [-0.15, -0.1) is 0 Å². The number of hydrogen-bond acceptors (Lipinski definition) is 6. The molecule has 188 valence electrons. The Balaban J connectivity index is 1.92. The highest BCUT2D eigenvalue weighted by molar-refractivity contribution is 5.92. The van der Waals surface area contributed by atoms with Crippen molar-refractivity contribution in [2.75, 3.05) is 6.54 Å². The maximum Gasteiger partial charge on any atom is 0.390 e. The number of imidazole rings is 1. The molecule has 2 amide bonds. The number of carbonyl (C=O) groups excluding carboxylic acids is 2. The molecule has 0 fully saturated rings. The number of benzene rings is 1. The second kappa shape index (κ2) is 11.1. The Labute approximate surface area is 189 Å². The van der Waals surface area contributed by atoms with E-state index < -0.39 is 50.0 Å². The number of halogens is 6. The summed E-state index contributed by atoms with van der Waals surface area (Å²) >= 11 is 0. The highest BCUT2D eigenvalue weighted by Gasteiger charge is 2.29. The molecule has 0 aliphatic rings. The number of H-pyrrole nitrogens is 1. The van der Waals surface area contributed by atoms with Gasteiger partial charge < -0.3 is 26.4 Å². The Hall–Kier alpha value is -3.49. The third kappa shape index (κ3) is 8.80. The summed E-state index contributed by atoms with van der Waals surface area (Å²) in [6.45, 7) is -0.784. The van der Waals surface area contributed by atoms with Gasteiger partial charge in [-0.1, -0.05) is 6.07 Å². The Morgan fingerprint density at radius 3 is 2.35 bits per heavy atom. The lowest BCUT2D eigenvalue weighted by atomic mass is 10.2. The molecule has 0 aliphatic heterocycles. The molecule has 0 unspecified atom stereocenters. The molecule has 0 atom stereocenters. The molecule has 9 nitrogen and oxygen atoms in total. The van der Waals surface area contributed by atoms with Crippen LogP contribution in [-0.4, -0.2) is 45.7 Å². The molecule has 0 spiro atoms. The van der Waals surface area contributed by atoms with Gasteiger partial charge in [0, 0.05) is 25.7 Å². The van der Waals surface area contributed by atoms with Crippen molar-refractivity contribution in [2.45, 2.75) is 44.7 Å². The van der Waals surface area contributed by atoms with Gasteiger partial charge >= 0.3 is 12.4 Å². The van der Waals surface area contributed by atoms with Gasteiger partial charge in [0.05, 0.1) is 30.4 Å². The van der Waals surface area contributed by atoms with Crippen LogP contribution in [0.3, 0.4) is 0 Å². The second-order valence-electron chi connectivity index (χ2n) is 7.22. The lowest BCUT2D eigenvalue weighted by Crippen LogP contribution is -2.41. The SMILES string of the molecule is N/C=C(/C(=O)NCc1nc2ccc(CNC(=O)CCC(F)(F)F)cc2[nH]1)N(N)CCC(F)(F)F. The van der Waals surface area contributed by atoms with Gasteiger partial charge in [-0.3, -0.25) is 9.59 Å². The van der Waals surface area contributed by atoms with E-state index in [4.69, 9.17) is 11.6 Å². The first-order chi connectivity index (χ1) is 15.8. The van der Waals surface area contributed by atoms with Crippen LogP contribution in [0.5, 0.6) is 0 Å². The minimum Gasteiger partial charge on any atom is -0.403 e. The number of hydrogen-bond donors (Lipinski definition) is 5. The number of nitrogens with zero attached hydrogens (tertiary/aromatic N) is 2. The Morgan fingerprint density at radius 1 is 1.06 bits per heavy atom. The summed E-state index contributed by atoms with van der Waals surface area (Å²) < 4.78 is 73.5. The molecule has 0 saturated heterocycles. The minimum absolute atomic E-state index is 0.00658. The maximum absolute atomic E-state index is 12.3. The topological polar surface area (TPSA) is 142 Å². The van der Waals surface area contributed by atoms with Crippen molar-refractivity contribution in [3.8, 4) is 0 Å². The van der Waals surface area contributed by atoms with E-state index >= 15 is 0 Å². The molecule has 1 aromatic carbocycles. The van der Waals surface area contributed by atoms with Gasteiger partial charge in [-0.25, -0.2) is 10.8 Å². The Kier molecular flexibility index (Phi) is 8.73. The molecule has 0 saturated carbocycles. The molecular weight excluding hydrogens is 472 g/mol. The van der Waals surface area contributed by atoms with E-state index in [1.807, 2.05) is 0 Å². The van der Waals surface area contributed by atoms with Crippen LogP contribution in [0.4, 0.5) is 26.3 Å². The molecule has 2 rings (SSSR count). The van der Waals surface area contributed by atoms with Crippen LogP contribution in [-0.2, 0) is 22.7 Å². The third-order valence-corrected chi connectivity index (χ3v) is 4.47. The number of aromatic amines is 1. The standard InChI is InChI=1S/C19H23F6N7O2/c20-18(21,22)4-3-16(33)28-9-11-1-2-12-13(7-11)31-15(30-12)10-29-17(34)14(8-26)32(27)6-5-19(23,24)25/h1-2,7-8H,3-6,9-10,26-27H2,(H,28,33)(H,29,34)(H,30,31)/b14-8-. The van der Waals surface area contributed by atoms with Crippen molar-refractivity contribution in [1.29, 1.82) is 0 Å². The monoisotopic (exact) mass is 495 g/mol. The van der Waals surface area contributed by atoms with Crippen LogP contribution >= 0.6 is 0 Å². The summed E-state index contributed by atoms with van der Waals surface area (Å²) in [6.07, 6.45) is -11.2. The van der Waals surface area contributed by atoms with Crippen LogP contribution in [0.1, 0.15) is 30.7 Å². The van der Waals surface area contributed by atoms with Gasteiger partial charge in [0.1, 0.15) is 11.5 Å². The number of alkyl halides is 6. The average molecular weight is 495 g/mol. The highest BCUT2D eigenvalue weighted by Crippen LogP contribution is 2.21. The number of rotatable bonds is 10. The minimum atomic E-state index is -4.45. The van der Waals surface area contributed by atoms with E-state index in [0.29, 0.717) is 27.4 Å². The van der Waals surface area contributed by atoms with Crippen LogP contribution in [0.15, 0.2) is 30.1 Å². The Morgan fingerprint density at radius 2 is 1.74 bits per heavy atom. The summed E-state index contributed by atoms with van der Waals surface area (Å²) in [6, 6.07) is 4.86. The van der Waals surface area contributed by atoms with Crippen molar-refractivity contribution in [2.24, 2.45) is 11.6 Å². The lowest BCUT2D eigenvalue weighted by Gasteiger charge is -2.21. The Bertz CT molecular complexity index is 1030. The van der Waals surface area contributed by atoms with E-state index in [-0.39, 0.29) is 18.8 Å². The normalized spacial score (nSPS) is 12.6. The fraction of sp³-hybridized carbons (Fsp3) is 0.421. The smallest absolute Gasteiger partial charge is 0.390 e. The molecule has 34 heavy (non-hydrogen) atoms. The number of aromatic nitrogens is 2. The summed E-state index contributed by atoms with van der Waals surface area (Å²) in [5.41, 5.74) is 6.60. The van der Waals surface area contributed by atoms with Gasteiger partial charge in [0.2, 0.25) is 5.91 Å². The predicted octanol–water partition coefficient (Wildman–Crippen LogP) is 2.07. The van der Waals surface area contributed by atoms with E-state index in [2.05, 4.69) is 20.6 Å². The van der Waals surface area contributed by atoms with Crippen molar-refractivity contribution in [3.63, 3.8) is 0 Å². The molecule has 0 bridgehead atoms. The average Bonchev–Trinajstić information content (AvgIpc) is 3.15. The van der Waals surface area contributed by atoms with Gasteiger partial charge in [0.25, 0.3) is 5.91 Å². The number of hydrazine groups is 1. The predicted molar refractivity (Wildman–Crippen MR) is 109 cm³/mol. The number of nitrogens with one attached hydrogen (secondary N) is 3. The van der Waals surface area contributed by atoms with Crippen LogP contribution in [0.25, 0.3) is 11.0 Å². The molecule has 1 aromatic heterocycles. The summed E-state index contributed by atoms with van der Waals surface area (Å²) in [4.78, 5) is 30.9. The van der Waals surface area contributed by atoms with Crippen LogP contribution in [0, 0.1) is 0 Å². The maximum atomic E-state index is 12.3. The van der Waals surface area contributed by atoms with E-state index in [1.54, 1.807) is 18.2 Å². The van der Waals surface area contributed by atoms with Crippen molar-refractivity contribution in [3.05, 3.63) is 41.5 Å². The second-order valence-corrected chi connectivity index (χ2v) is 7.22. The molecule has 7 N–H and O–H groups in total. The fourth-order valence-corrected chi connectivity index (χ4v) is 2.77. The van der Waals surface area contributed by atoms with Gasteiger partial charge in [0.15, 0.2) is 0 Å². The van der Waals surface area contributed by atoms with Crippen molar-refractivity contribution in [1.82, 2.24) is 25.6 Å². The molecule has 1 heterocycles. The van der Waals surface area contributed by atoms with Gasteiger partial charge in [-0.2, -0.15) is 26.3 Å². The summed E-state index contributed by atoms with van der Waals surface area (Å²) in [5, 5.41) is 5.43. The number of amides is 2. The highest BCUT2D eigenvalue weighted by atomic mass is 19.4. The van der Waals surface area contributed by atoms with Crippen molar-refractivity contribution >= 4 is 22.8 Å². The van der Waals surface area contributed by atoms with Crippen molar-refractivity contribution < 1.29 is 35.9 Å². The zero-order valence-corrected chi connectivity index (χ0v) is 17.7. The molecule has 2 aromatic rings.